The lowest BCUT2D eigenvalue weighted by Crippen LogP contribution is -2.19. The van der Waals surface area contributed by atoms with E-state index >= 15 is 0 Å². The van der Waals surface area contributed by atoms with Crippen LogP contribution in [0.5, 0.6) is 11.5 Å². The molecule has 0 atom stereocenters. The molecule has 0 aromatic heterocycles. The average molecular weight is 397 g/mol. The highest BCUT2D eigenvalue weighted by Gasteiger charge is 2.07. The third kappa shape index (κ3) is 7.37. The number of ether oxygens (including phenoxy) is 2. The van der Waals surface area contributed by atoms with Crippen LogP contribution in [0.2, 0.25) is 0 Å². The van der Waals surface area contributed by atoms with Gasteiger partial charge in [-0.2, -0.15) is 0 Å². The van der Waals surface area contributed by atoms with E-state index in [-0.39, 0.29) is 0 Å². The topological polar surface area (TPSA) is 42.5 Å². The fourth-order valence-electron chi connectivity index (χ4n) is 3.67. The van der Waals surface area contributed by atoms with Crippen LogP contribution in [0, 0.1) is 13.8 Å². The van der Waals surface area contributed by atoms with Gasteiger partial charge >= 0.3 is 0 Å². The van der Waals surface area contributed by atoms with E-state index in [1.54, 1.807) is 0 Å². The van der Waals surface area contributed by atoms with E-state index in [1.165, 1.54) is 22.3 Å². The highest BCUT2D eigenvalue weighted by Crippen LogP contribution is 2.22. The number of fused-ring (bicyclic) bond motifs is 2. The molecule has 1 aliphatic heterocycles. The summed E-state index contributed by atoms with van der Waals surface area (Å²) in [6.45, 7) is 9.57. The third-order valence-electron chi connectivity index (χ3n) is 5.32. The van der Waals surface area contributed by atoms with Crippen LogP contribution in [-0.2, 0) is 13.1 Å². The van der Waals surface area contributed by atoms with E-state index in [2.05, 4.69) is 60.9 Å². The van der Waals surface area contributed by atoms with Gasteiger partial charge in [-0.25, -0.2) is 0 Å². The van der Waals surface area contributed by atoms with Gasteiger partial charge in [0.2, 0.25) is 0 Å². The van der Waals surface area contributed by atoms with Gasteiger partial charge in [0, 0.05) is 24.2 Å². The first-order chi connectivity index (χ1) is 14.2. The zero-order chi connectivity index (χ0) is 20.3. The van der Waals surface area contributed by atoms with Gasteiger partial charge in [-0.1, -0.05) is 35.4 Å². The Kier molecular flexibility index (Phi) is 8.84. The highest BCUT2D eigenvalue weighted by molar-refractivity contribution is 5.37. The Hall–Kier alpha value is -2.04. The molecule has 4 nitrogen and oxygen atoms in total. The Balaban J connectivity index is 1.58. The summed E-state index contributed by atoms with van der Waals surface area (Å²) in [5.41, 5.74) is 5.08. The van der Waals surface area contributed by atoms with Gasteiger partial charge in [-0.05, 0) is 71.2 Å². The van der Waals surface area contributed by atoms with Gasteiger partial charge < -0.3 is 20.1 Å². The molecular formula is C25H36N2O2. The van der Waals surface area contributed by atoms with Gasteiger partial charge in [0.05, 0.1) is 13.2 Å². The van der Waals surface area contributed by atoms with Crippen molar-refractivity contribution >= 4 is 0 Å². The van der Waals surface area contributed by atoms with Crippen LogP contribution in [0.15, 0.2) is 36.4 Å². The van der Waals surface area contributed by atoms with Crippen LogP contribution >= 0.6 is 0 Å². The lowest BCUT2D eigenvalue weighted by atomic mass is 10.1. The van der Waals surface area contributed by atoms with Crippen LogP contribution in [0.3, 0.4) is 0 Å². The smallest absolute Gasteiger partial charge is 0.123 e. The monoisotopic (exact) mass is 396 g/mol. The lowest BCUT2D eigenvalue weighted by molar-refractivity contribution is 0.276. The number of rotatable bonds is 0. The number of hydrogen-bond acceptors (Lipinski definition) is 4. The van der Waals surface area contributed by atoms with Gasteiger partial charge in [0.1, 0.15) is 11.5 Å². The third-order valence-corrected chi connectivity index (χ3v) is 5.32. The summed E-state index contributed by atoms with van der Waals surface area (Å²) in [5, 5.41) is 7.16. The van der Waals surface area contributed by atoms with Crippen molar-refractivity contribution in [2.75, 3.05) is 26.3 Å². The molecule has 0 bridgehead atoms. The van der Waals surface area contributed by atoms with Crippen LogP contribution in [-0.4, -0.2) is 26.3 Å². The van der Waals surface area contributed by atoms with Gasteiger partial charge in [-0.15, -0.1) is 0 Å². The lowest BCUT2D eigenvalue weighted by Gasteiger charge is -2.13. The zero-order valence-corrected chi connectivity index (χ0v) is 18.1. The molecule has 1 heterocycles. The summed E-state index contributed by atoms with van der Waals surface area (Å²) < 4.78 is 12.2. The van der Waals surface area contributed by atoms with Crippen LogP contribution < -0.4 is 20.1 Å². The summed E-state index contributed by atoms with van der Waals surface area (Å²) in [7, 11) is 0. The molecule has 2 aromatic rings. The van der Waals surface area contributed by atoms with Crippen molar-refractivity contribution in [2.24, 2.45) is 0 Å². The second kappa shape index (κ2) is 11.8. The molecule has 4 heteroatoms. The Bertz CT molecular complexity index is 697. The highest BCUT2D eigenvalue weighted by atomic mass is 16.5. The van der Waals surface area contributed by atoms with Crippen LogP contribution in [0.25, 0.3) is 0 Å². The molecule has 0 aliphatic carbocycles. The predicted molar refractivity (Wildman–Crippen MR) is 120 cm³/mol. The molecule has 29 heavy (non-hydrogen) atoms. The van der Waals surface area contributed by atoms with Crippen molar-refractivity contribution in [2.45, 2.75) is 59.0 Å². The summed E-state index contributed by atoms with van der Waals surface area (Å²) in [6.07, 6.45) is 5.52. The number of aryl methyl sites for hydroxylation is 2. The van der Waals surface area contributed by atoms with Gasteiger partial charge in [0.25, 0.3) is 0 Å². The predicted octanol–water partition coefficient (Wildman–Crippen LogP) is 4.90. The van der Waals surface area contributed by atoms with Crippen molar-refractivity contribution in [1.29, 1.82) is 0 Å². The molecule has 0 amide bonds. The maximum absolute atomic E-state index is 6.09. The Morgan fingerprint density at radius 2 is 1.10 bits per heavy atom. The van der Waals surface area contributed by atoms with E-state index in [4.69, 9.17) is 9.47 Å². The van der Waals surface area contributed by atoms with Crippen molar-refractivity contribution in [3.05, 3.63) is 58.7 Å². The molecule has 0 unspecified atom stereocenters. The minimum atomic E-state index is 0.760. The van der Waals surface area contributed by atoms with Crippen LogP contribution in [0.4, 0.5) is 0 Å². The summed E-state index contributed by atoms with van der Waals surface area (Å²) in [4.78, 5) is 0. The van der Waals surface area contributed by atoms with E-state index in [9.17, 15) is 0 Å². The van der Waals surface area contributed by atoms with E-state index < -0.39 is 0 Å². The molecule has 2 aromatic carbocycles. The van der Waals surface area contributed by atoms with Crippen molar-refractivity contribution in [3.63, 3.8) is 0 Å². The average Bonchev–Trinajstić information content (AvgIpc) is 2.71. The van der Waals surface area contributed by atoms with Crippen LogP contribution in [0.1, 0.15) is 54.4 Å². The number of nitrogens with one attached hydrogen (secondary N) is 2. The molecule has 3 rings (SSSR count). The minimum absolute atomic E-state index is 0.760. The largest absolute Gasteiger partial charge is 0.493 e. The second-order valence-corrected chi connectivity index (χ2v) is 8.04. The molecule has 1 aliphatic rings. The van der Waals surface area contributed by atoms with E-state index in [1.807, 2.05) is 0 Å². The molecule has 0 saturated carbocycles. The normalized spacial score (nSPS) is 17.4. The van der Waals surface area contributed by atoms with Crippen molar-refractivity contribution in [1.82, 2.24) is 10.6 Å². The quantitative estimate of drug-likeness (QED) is 0.664. The first-order valence-corrected chi connectivity index (χ1v) is 11.1. The fourth-order valence-corrected chi connectivity index (χ4v) is 3.67. The molecule has 0 fully saturated rings. The molecule has 158 valence electrons. The molecule has 0 radical (unpaired) electrons. The fraction of sp³-hybridized carbons (Fsp3) is 0.520. The molecular weight excluding hydrogens is 360 g/mol. The standard InChI is InChI=1S/C25H36N2O2/c1-20-8-10-24-22(16-20)18-26-12-4-5-13-27-19-23-17-21(2)9-11-25(23)29-15-7-3-6-14-28-24/h8-11,16-17,26-27H,3-7,12-15,18-19H2,1-2H3. The molecule has 0 spiro atoms. The molecule has 2 N–H and O–H groups in total. The zero-order valence-electron chi connectivity index (χ0n) is 18.1. The SMILES string of the molecule is Cc1ccc2c(c1)CNCCCCNCc1cc(C)ccc1OCCCCCO2. The maximum Gasteiger partial charge on any atom is 0.123 e. The van der Waals surface area contributed by atoms with Crippen molar-refractivity contribution in [3.8, 4) is 11.5 Å². The van der Waals surface area contributed by atoms with E-state index in [0.717, 1.165) is 83.0 Å². The second-order valence-electron chi connectivity index (χ2n) is 8.04. The first kappa shape index (κ1) is 21.7. The van der Waals surface area contributed by atoms with Gasteiger partial charge in [0.15, 0.2) is 0 Å². The Morgan fingerprint density at radius 3 is 1.59 bits per heavy atom. The Morgan fingerprint density at radius 1 is 0.621 bits per heavy atom. The number of benzene rings is 2. The summed E-state index contributed by atoms with van der Waals surface area (Å²) in [5.74, 6) is 2.03. The van der Waals surface area contributed by atoms with Crippen molar-refractivity contribution < 1.29 is 9.47 Å². The van der Waals surface area contributed by atoms with Gasteiger partial charge in [-0.3, -0.25) is 0 Å². The summed E-state index contributed by atoms with van der Waals surface area (Å²) in [6, 6.07) is 13.0. The van der Waals surface area contributed by atoms with E-state index in [0.29, 0.717) is 0 Å². The number of hydrogen-bond donors (Lipinski definition) is 2. The first-order valence-electron chi connectivity index (χ1n) is 11.1. The minimum Gasteiger partial charge on any atom is -0.493 e. The maximum atomic E-state index is 6.09. The Labute approximate surface area is 176 Å². The molecule has 0 saturated heterocycles. The summed E-state index contributed by atoms with van der Waals surface area (Å²) >= 11 is 0.